The Kier molecular flexibility index (Phi) is 2.78. The average Bonchev–Trinajstić information content (AvgIpc) is 2.32. The van der Waals surface area contributed by atoms with Gasteiger partial charge < -0.3 is 16.2 Å². The molecule has 4 N–H and O–H groups in total. The number of aromatic nitrogens is 2. The summed E-state index contributed by atoms with van der Waals surface area (Å²) in [5, 5.41) is 0. The molecule has 2 rings (SSSR count). The first kappa shape index (κ1) is 11.1. The fourth-order valence-corrected chi connectivity index (χ4v) is 1.44. The number of ether oxygens (including phenoxy) is 1. The number of methoxy groups -OCH3 is 1. The van der Waals surface area contributed by atoms with Crippen LogP contribution in [0.25, 0.3) is 11.3 Å². The minimum Gasteiger partial charge on any atom is -0.497 e. The highest BCUT2D eigenvalue weighted by Crippen LogP contribution is 2.28. The third-order valence-corrected chi connectivity index (χ3v) is 2.27. The van der Waals surface area contributed by atoms with Crippen LogP contribution in [0.2, 0.25) is 0 Å². The molecule has 0 radical (unpaired) electrons. The van der Waals surface area contributed by atoms with Gasteiger partial charge in [0.1, 0.15) is 17.3 Å². The van der Waals surface area contributed by atoms with Crippen molar-refractivity contribution in [3.63, 3.8) is 0 Å². The monoisotopic (exact) mass is 234 g/mol. The Morgan fingerprint density at radius 2 is 2.06 bits per heavy atom. The van der Waals surface area contributed by atoms with Gasteiger partial charge in [-0.15, -0.1) is 0 Å². The van der Waals surface area contributed by atoms with Crippen molar-refractivity contribution in [1.29, 1.82) is 0 Å². The summed E-state index contributed by atoms with van der Waals surface area (Å²) in [6, 6.07) is 4.41. The van der Waals surface area contributed by atoms with Gasteiger partial charge in [0.05, 0.1) is 19.0 Å². The first-order valence-electron chi connectivity index (χ1n) is 4.83. The molecule has 0 unspecified atom stereocenters. The predicted octanol–water partition coefficient (Wildman–Crippen LogP) is 1.46. The van der Waals surface area contributed by atoms with E-state index in [0.717, 1.165) is 0 Å². The lowest BCUT2D eigenvalue weighted by Gasteiger charge is -2.07. The Bertz CT molecular complexity index is 559. The Morgan fingerprint density at radius 1 is 1.29 bits per heavy atom. The van der Waals surface area contributed by atoms with Crippen molar-refractivity contribution < 1.29 is 9.13 Å². The molecule has 0 saturated heterocycles. The zero-order chi connectivity index (χ0) is 12.4. The van der Waals surface area contributed by atoms with Gasteiger partial charge in [-0.1, -0.05) is 0 Å². The van der Waals surface area contributed by atoms with Gasteiger partial charge in [0.25, 0.3) is 0 Å². The number of benzene rings is 1. The number of anilines is 2. The molecule has 0 atom stereocenters. The molecule has 0 spiro atoms. The fourth-order valence-electron chi connectivity index (χ4n) is 1.44. The number of halogens is 1. The van der Waals surface area contributed by atoms with E-state index in [1.807, 2.05) is 0 Å². The summed E-state index contributed by atoms with van der Waals surface area (Å²) in [5.74, 6) is -0.00887. The van der Waals surface area contributed by atoms with Gasteiger partial charge in [-0.3, -0.25) is 0 Å². The molecule has 1 heterocycles. The Balaban J connectivity index is 2.56. The lowest BCUT2D eigenvalue weighted by atomic mass is 10.1. The molecule has 0 saturated carbocycles. The second-order valence-electron chi connectivity index (χ2n) is 3.38. The predicted molar refractivity (Wildman–Crippen MR) is 62.8 cm³/mol. The first-order chi connectivity index (χ1) is 8.11. The molecule has 17 heavy (non-hydrogen) atoms. The third kappa shape index (κ3) is 2.10. The zero-order valence-corrected chi connectivity index (χ0v) is 9.14. The summed E-state index contributed by atoms with van der Waals surface area (Å²) < 4.78 is 18.7. The number of nitrogens with two attached hydrogens (primary N) is 2. The van der Waals surface area contributed by atoms with E-state index in [0.29, 0.717) is 5.75 Å². The fraction of sp³-hybridized carbons (Fsp3) is 0.0909. The van der Waals surface area contributed by atoms with E-state index < -0.39 is 5.82 Å². The maximum absolute atomic E-state index is 13.8. The van der Waals surface area contributed by atoms with Crippen molar-refractivity contribution in [2.45, 2.75) is 0 Å². The first-order valence-corrected chi connectivity index (χ1v) is 4.83. The van der Waals surface area contributed by atoms with Crippen molar-refractivity contribution in [3.05, 3.63) is 30.2 Å². The number of nitrogens with zero attached hydrogens (tertiary/aromatic N) is 2. The zero-order valence-electron chi connectivity index (χ0n) is 9.14. The summed E-state index contributed by atoms with van der Waals surface area (Å²) in [6.07, 6.45) is 1.35. The van der Waals surface area contributed by atoms with Gasteiger partial charge in [0, 0.05) is 11.6 Å². The number of rotatable bonds is 2. The number of hydrogen-bond donors (Lipinski definition) is 2. The lowest BCUT2D eigenvalue weighted by molar-refractivity contribution is 0.411. The molecule has 5 nitrogen and oxygen atoms in total. The van der Waals surface area contributed by atoms with E-state index in [2.05, 4.69) is 9.97 Å². The van der Waals surface area contributed by atoms with Crippen LogP contribution in [0, 0.1) is 5.82 Å². The van der Waals surface area contributed by atoms with Gasteiger partial charge in [-0.2, -0.15) is 0 Å². The van der Waals surface area contributed by atoms with Crippen molar-refractivity contribution in [1.82, 2.24) is 9.97 Å². The van der Waals surface area contributed by atoms with Gasteiger partial charge >= 0.3 is 0 Å². The standard InChI is InChI=1S/C11H11FN4O/c1-17-6-2-3-7(8(12)4-6)10-9(13)5-15-11(14)16-10/h2-5H,13H2,1H3,(H2,14,15,16). The topological polar surface area (TPSA) is 87.0 Å². The van der Waals surface area contributed by atoms with Crippen LogP contribution in [0.3, 0.4) is 0 Å². The summed E-state index contributed by atoms with van der Waals surface area (Å²) in [7, 11) is 1.46. The smallest absolute Gasteiger partial charge is 0.220 e. The van der Waals surface area contributed by atoms with Gasteiger partial charge in [-0.05, 0) is 12.1 Å². The van der Waals surface area contributed by atoms with Crippen LogP contribution in [0.1, 0.15) is 0 Å². The van der Waals surface area contributed by atoms with Crippen LogP contribution in [-0.4, -0.2) is 17.1 Å². The molecule has 0 aliphatic heterocycles. The molecule has 0 aliphatic rings. The van der Waals surface area contributed by atoms with Crippen molar-refractivity contribution >= 4 is 11.6 Å². The number of nitrogen functional groups attached to an aromatic ring is 2. The maximum Gasteiger partial charge on any atom is 0.220 e. The van der Waals surface area contributed by atoms with Crippen LogP contribution < -0.4 is 16.2 Å². The largest absolute Gasteiger partial charge is 0.497 e. The average molecular weight is 234 g/mol. The molecular weight excluding hydrogens is 223 g/mol. The van der Waals surface area contributed by atoms with Crippen molar-refractivity contribution in [2.24, 2.45) is 0 Å². The summed E-state index contributed by atoms with van der Waals surface area (Å²) in [6.45, 7) is 0. The Morgan fingerprint density at radius 3 is 2.71 bits per heavy atom. The second kappa shape index (κ2) is 4.25. The van der Waals surface area contributed by atoms with Gasteiger partial charge in [-0.25, -0.2) is 14.4 Å². The van der Waals surface area contributed by atoms with Crippen LogP contribution in [-0.2, 0) is 0 Å². The van der Waals surface area contributed by atoms with E-state index >= 15 is 0 Å². The Hall–Kier alpha value is -2.37. The lowest BCUT2D eigenvalue weighted by Crippen LogP contribution is -2.01. The normalized spacial score (nSPS) is 10.2. The summed E-state index contributed by atoms with van der Waals surface area (Å²) >= 11 is 0. The van der Waals surface area contributed by atoms with E-state index in [-0.39, 0.29) is 22.9 Å². The minimum absolute atomic E-state index is 0.0458. The molecule has 0 bridgehead atoms. The molecule has 0 aliphatic carbocycles. The molecule has 0 amide bonds. The highest BCUT2D eigenvalue weighted by molar-refractivity contribution is 5.73. The molecular formula is C11H11FN4O. The van der Waals surface area contributed by atoms with Crippen LogP contribution >= 0.6 is 0 Å². The SMILES string of the molecule is COc1ccc(-c2nc(N)ncc2N)c(F)c1. The highest BCUT2D eigenvalue weighted by Gasteiger charge is 2.11. The molecule has 0 fully saturated rings. The maximum atomic E-state index is 13.8. The van der Waals surface area contributed by atoms with Crippen molar-refractivity contribution in [3.8, 4) is 17.0 Å². The second-order valence-corrected chi connectivity index (χ2v) is 3.38. The highest BCUT2D eigenvalue weighted by atomic mass is 19.1. The third-order valence-electron chi connectivity index (χ3n) is 2.27. The minimum atomic E-state index is -0.478. The quantitative estimate of drug-likeness (QED) is 0.821. The molecule has 1 aromatic heterocycles. The van der Waals surface area contributed by atoms with Crippen LogP contribution in [0.15, 0.2) is 24.4 Å². The summed E-state index contributed by atoms with van der Waals surface area (Å²) in [5.41, 5.74) is 11.9. The van der Waals surface area contributed by atoms with E-state index in [1.54, 1.807) is 6.07 Å². The van der Waals surface area contributed by atoms with E-state index in [1.165, 1.54) is 25.4 Å². The molecule has 6 heteroatoms. The van der Waals surface area contributed by atoms with Crippen LogP contribution in [0.5, 0.6) is 5.75 Å². The van der Waals surface area contributed by atoms with Crippen LogP contribution in [0.4, 0.5) is 16.0 Å². The van der Waals surface area contributed by atoms with Crippen molar-refractivity contribution in [2.75, 3.05) is 18.6 Å². The van der Waals surface area contributed by atoms with Gasteiger partial charge in [0.2, 0.25) is 5.95 Å². The Labute approximate surface area is 97.3 Å². The number of hydrogen-bond acceptors (Lipinski definition) is 5. The van der Waals surface area contributed by atoms with E-state index in [4.69, 9.17) is 16.2 Å². The molecule has 1 aromatic carbocycles. The van der Waals surface area contributed by atoms with E-state index in [9.17, 15) is 4.39 Å². The molecule has 88 valence electrons. The van der Waals surface area contributed by atoms with Gasteiger partial charge in [0.15, 0.2) is 0 Å². The molecule has 2 aromatic rings. The summed E-state index contributed by atoms with van der Waals surface area (Å²) in [4.78, 5) is 7.64.